The van der Waals surface area contributed by atoms with Gasteiger partial charge in [-0.05, 0) is 24.4 Å². The van der Waals surface area contributed by atoms with Gasteiger partial charge in [0.15, 0.2) is 0 Å². The third kappa shape index (κ3) is 1.84. The molecule has 0 fully saturated rings. The van der Waals surface area contributed by atoms with Gasteiger partial charge in [-0.15, -0.1) is 0 Å². The lowest BCUT2D eigenvalue weighted by Gasteiger charge is -2.30. The van der Waals surface area contributed by atoms with Gasteiger partial charge < -0.3 is 10.5 Å². The fourth-order valence-electron chi connectivity index (χ4n) is 1.26. The number of rotatable bonds is 5. The lowest BCUT2D eigenvalue weighted by molar-refractivity contribution is -0.126. The zero-order valence-corrected chi connectivity index (χ0v) is 8.10. The molecule has 70 valence electrons. The predicted octanol–water partition coefficient (Wildman–Crippen LogP) is 1.08. The highest BCUT2D eigenvalue weighted by molar-refractivity contribution is 6.64. The zero-order chi connectivity index (χ0) is 9.78. The van der Waals surface area contributed by atoms with Crippen LogP contribution < -0.4 is 5.73 Å². The van der Waals surface area contributed by atoms with Crippen molar-refractivity contribution in [2.75, 3.05) is 0 Å². The molecule has 0 rings (SSSR count). The molecule has 3 nitrogen and oxygen atoms in total. The van der Waals surface area contributed by atoms with Gasteiger partial charge in [0.2, 0.25) is 5.24 Å². The van der Waals surface area contributed by atoms with Crippen molar-refractivity contribution in [3.63, 3.8) is 0 Å². The van der Waals surface area contributed by atoms with Gasteiger partial charge in [-0.2, -0.15) is 0 Å². The van der Waals surface area contributed by atoms with Gasteiger partial charge in [0.25, 0.3) is 0 Å². The van der Waals surface area contributed by atoms with Crippen LogP contribution in [0.5, 0.6) is 0 Å². The summed E-state index contributed by atoms with van der Waals surface area (Å²) in [5.41, 5.74) is 4.63. The summed E-state index contributed by atoms with van der Waals surface area (Å²) in [4.78, 5) is 21.5. The highest BCUT2D eigenvalue weighted by atomic mass is 35.5. The highest BCUT2D eigenvalue weighted by Crippen LogP contribution is 2.31. The molecule has 0 spiro atoms. The first-order chi connectivity index (χ1) is 5.55. The van der Waals surface area contributed by atoms with E-state index in [-0.39, 0.29) is 0 Å². The summed E-state index contributed by atoms with van der Waals surface area (Å²) in [5, 5.41) is -0.521. The molecule has 1 atom stereocenters. The Morgan fingerprint density at radius 3 is 2.08 bits per heavy atom. The third-order valence-electron chi connectivity index (χ3n) is 2.44. The Hall–Kier alpha value is -0.410. The predicted molar refractivity (Wildman–Crippen MR) is 47.9 cm³/mol. The highest BCUT2D eigenvalue weighted by Gasteiger charge is 2.39. The monoisotopic (exact) mass is 191 g/mol. The van der Waals surface area contributed by atoms with Crippen LogP contribution >= 0.6 is 11.6 Å². The first kappa shape index (κ1) is 11.6. The molecule has 0 saturated carbocycles. The minimum atomic E-state index is -0.872. The molecule has 0 bridgehead atoms. The van der Waals surface area contributed by atoms with Gasteiger partial charge in [-0.1, -0.05) is 13.8 Å². The minimum absolute atomic E-state index is 0.492. The summed E-state index contributed by atoms with van der Waals surface area (Å²) >= 11 is 5.40. The molecule has 0 amide bonds. The standard InChI is InChI=1S/C8H14ClNO2/c1-3-8(4-2,7(9)12)6(10)5-11/h5-6H,3-4,10H2,1-2H3. The number of carbonyl (C=O) groups excluding carboxylic acids is 2. The minimum Gasteiger partial charge on any atom is -0.321 e. The van der Waals surface area contributed by atoms with Gasteiger partial charge in [-0.25, -0.2) is 0 Å². The first-order valence-electron chi connectivity index (χ1n) is 3.96. The molecule has 0 aliphatic heterocycles. The van der Waals surface area contributed by atoms with Crippen molar-refractivity contribution in [3.8, 4) is 0 Å². The molecule has 2 N–H and O–H groups in total. The number of halogens is 1. The lowest BCUT2D eigenvalue weighted by Crippen LogP contribution is -2.46. The molecule has 0 aromatic heterocycles. The van der Waals surface area contributed by atoms with E-state index < -0.39 is 16.7 Å². The molecular weight excluding hydrogens is 178 g/mol. The Labute approximate surface area is 77.3 Å². The maximum Gasteiger partial charge on any atom is 0.229 e. The van der Waals surface area contributed by atoms with Gasteiger partial charge >= 0.3 is 0 Å². The number of nitrogens with two attached hydrogens (primary N) is 1. The molecule has 0 aliphatic rings. The molecule has 1 unspecified atom stereocenters. The SMILES string of the molecule is CCC(CC)(C(=O)Cl)C(N)C=O. The fourth-order valence-corrected chi connectivity index (χ4v) is 1.65. The van der Waals surface area contributed by atoms with Crippen LogP contribution in [-0.4, -0.2) is 17.6 Å². The van der Waals surface area contributed by atoms with E-state index in [0.717, 1.165) is 0 Å². The topological polar surface area (TPSA) is 60.2 Å². The van der Waals surface area contributed by atoms with Crippen molar-refractivity contribution >= 4 is 23.1 Å². The Balaban J connectivity index is 4.80. The number of hydrogen-bond donors (Lipinski definition) is 1. The van der Waals surface area contributed by atoms with E-state index in [4.69, 9.17) is 17.3 Å². The second-order valence-electron chi connectivity index (χ2n) is 2.80. The van der Waals surface area contributed by atoms with E-state index in [1.165, 1.54) is 0 Å². The average Bonchev–Trinajstić information content (AvgIpc) is 2.06. The average molecular weight is 192 g/mol. The quantitative estimate of drug-likeness (QED) is 0.523. The molecule has 0 saturated heterocycles. The van der Waals surface area contributed by atoms with E-state index in [1.54, 1.807) is 13.8 Å². The number of aldehydes is 1. The van der Waals surface area contributed by atoms with Crippen LogP contribution in [0.3, 0.4) is 0 Å². The molecule has 12 heavy (non-hydrogen) atoms. The Morgan fingerprint density at radius 2 is 2.00 bits per heavy atom. The van der Waals surface area contributed by atoms with Crippen LogP contribution in [0.4, 0.5) is 0 Å². The molecule has 0 heterocycles. The van der Waals surface area contributed by atoms with E-state index in [1.807, 2.05) is 0 Å². The smallest absolute Gasteiger partial charge is 0.229 e. The van der Waals surface area contributed by atoms with Crippen LogP contribution in [0, 0.1) is 5.41 Å². The Kier molecular flexibility index (Phi) is 4.42. The molecule has 0 aromatic rings. The molecule has 0 aliphatic carbocycles. The van der Waals surface area contributed by atoms with Crippen molar-refractivity contribution in [1.82, 2.24) is 0 Å². The summed E-state index contributed by atoms with van der Waals surface area (Å²) in [6.45, 7) is 3.60. The van der Waals surface area contributed by atoms with E-state index in [0.29, 0.717) is 19.1 Å². The molecule has 0 aromatic carbocycles. The first-order valence-corrected chi connectivity index (χ1v) is 4.33. The van der Waals surface area contributed by atoms with Crippen molar-refractivity contribution in [2.45, 2.75) is 32.7 Å². The van der Waals surface area contributed by atoms with Crippen LogP contribution in [-0.2, 0) is 9.59 Å². The van der Waals surface area contributed by atoms with Crippen molar-refractivity contribution < 1.29 is 9.59 Å². The van der Waals surface area contributed by atoms with Crippen LogP contribution in [0.25, 0.3) is 0 Å². The van der Waals surface area contributed by atoms with Gasteiger partial charge in [-0.3, -0.25) is 4.79 Å². The van der Waals surface area contributed by atoms with Crippen LogP contribution in [0.2, 0.25) is 0 Å². The van der Waals surface area contributed by atoms with Gasteiger partial charge in [0.05, 0.1) is 11.5 Å². The lowest BCUT2D eigenvalue weighted by atomic mass is 9.77. The molecular formula is C8H14ClNO2. The summed E-state index contributed by atoms with van der Waals surface area (Å²) in [6, 6.07) is -0.794. The second-order valence-corrected chi connectivity index (χ2v) is 3.14. The zero-order valence-electron chi connectivity index (χ0n) is 7.34. The normalized spacial score (nSPS) is 14.0. The van der Waals surface area contributed by atoms with Gasteiger partial charge in [0.1, 0.15) is 6.29 Å². The maximum atomic E-state index is 11.1. The summed E-state index contributed by atoms with van der Waals surface area (Å²) < 4.78 is 0. The summed E-state index contributed by atoms with van der Waals surface area (Å²) in [7, 11) is 0. The molecule has 4 heteroatoms. The largest absolute Gasteiger partial charge is 0.321 e. The van der Waals surface area contributed by atoms with E-state index in [9.17, 15) is 9.59 Å². The van der Waals surface area contributed by atoms with E-state index in [2.05, 4.69) is 0 Å². The molecule has 0 radical (unpaired) electrons. The van der Waals surface area contributed by atoms with Crippen molar-refractivity contribution in [1.29, 1.82) is 0 Å². The Bertz CT molecular complexity index is 178. The maximum absolute atomic E-state index is 11.1. The number of carbonyl (C=O) groups is 2. The van der Waals surface area contributed by atoms with Crippen molar-refractivity contribution in [3.05, 3.63) is 0 Å². The van der Waals surface area contributed by atoms with E-state index >= 15 is 0 Å². The van der Waals surface area contributed by atoms with Crippen molar-refractivity contribution in [2.24, 2.45) is 11.1 Å². The van der Waals surface area contributed by atoms with Crippen LogP contribution in [0.15, 0.2) is 0 Å². The third-order valence-corrected chi connectivity index (χ3v) is 2.81. The summed E-state index contributed by atoms with van der Waals surface area (Å²) in [6.07, 6.45) is 1.56. The second kappa shape index (κ2) is 4.58. The van der Waals surface area contributed by atoms with Crippen LogP contribution in [0.1, 0.15) is 26.7 Å². The number of hydrogen-bond acceptors (Lipinski definition) is 3. The summed E-state index contributed by atoms with van der Waals surface area (Å²) in [5.74, 6) is 0. The fraction of sp³-hybridized carbons (Fsp3) is 0.750. The van der Waals surface area contributed by atoms with Gasteiger partial charge in [0, 0.05) is 0 Å². The Morgan fingerprint density at radius 1 is 1.58 bits per heavy atom.